The summed E-state index contributed by atoms with van der Waals surface area (Å²) in [4.78, 5) is 0. The fraction of sp³-hybridized carbons (Fsp3) is 0.467. The second-order valence-corrected chi connectivity index (χ2v) is 5.10. The highest BCUT2D eigenvalue weighted by Crippen LogP contribution is 2.20. The summed E-state index contributed by atoms with van der Waals surface area (Å²) in [6, 6.07) is 5.10. The Kier molecular flexibility index (Phi) is 4.49. The van der Waals surface area contributed by atoms with Crippen molar-refractivity contribution in [3.63, 3.8) is 0 Å². The second-order valence-electron chi connectivity index (χ2n) is 5.10. The molecule has 0 saturated heterocycles. The third-order valence-corrected chi connectivity index (χ3v) is 3.37. The highest BCUT2D eigenvalue weighted by atomic mass is 19.1. The van der Waals surface area contributed by atoms with Gasteiger partial charge in [0.2, 0.25) is 0 Å². The second kappa shape index (κ2) is 6.13. The van der Waals surface area contributed by atoms with E-state index in [0.717, 1.165) is 29.9 Å². The molecule has 1 atom stereocenters. The van der Waals surface area contributed by atoms with Gasteiger partial charge in [-0.25, -0.2) is 9.07 Å². The largest absolute Gasteiger partial charge is 0.309 e. The van der Waals surface area contributed by atoms with Crippen LogP contribution in [0.5, 0.6) is 0 Å². The van der Waals surface area contributed by atoms with Crippen molar-refractivity contribution in [2.75, 3.05) is 6.54 Å². The summed E-state index contributed by atoms with van der Waals surface area (Å²) in [5, 5.41) is 11.7. The molecule has 2 rings (SSSR count). The first-order chi connectivity index (χ1) is 9.54. The average Bonchev–Trinajstić information content (AvgIpc) is 2.80. The Morgan fingerprint density at radius 1 is 1.35 bits per heavy atom. The highest BCUT2D eigenvalue weighted by Gasteiger charge is 2.17. The lowest BCUT2D eigenvalue weighted by Gasteiger charge is -2.11. The first-order valence-corrected chi connectivity index (χ1v) is 6.96. The van der Waals surface area contributed by atoms with Crippen molar-refractivity contribution < 1.29 is 4.39 Å². The van der Waals surface area contributed by atoms with Crippen LogP contribution in [0.1, 0.15) is 43.3 Å². The van der Waals surface area contributed by atoms with Crippen LogP contribution in [-0.2, 0) is 0 Å². The molecular weight excluding hydrogens is 255 g/mol. The highest BCUT2D eigenvalue weighted by molar-refractivity contribution is 5.38. The van der Waals surface area contributed by atoms with Crippen LogP contribution >= 0.6 is 0 Å². The number of hydrogen-bond acceptors (Lipinski definition) is 3. The quantitative estimate of drug-likeness (QED) is 0.912. The fourth-order valence-electron chi connectivity index (χ4n) is 2.21. The molecule has 20 heavy (non-hydrogen) atoms. The van der Waals surface area contributed by atoms with Gasteiger partial charge in [0.15, 0.2) is 0 Å². The molecule has 1 heterocycles. The minimum atomic E-state index is -0.288. The van der Waals surface area contributed by atoms with Gasteiger partial charge in [-0.1, -0.05) is 18.2 Å². The van der Waals surface area contributed by atoms with Crippen LogP contribution in [0.2, 0.25) is 0 Å². The van der Waals surface area contributed by atoms with Gasteiger partial charge < -0.3 is 5.32 Å². The number of hydrogen-bond donors (Lipinski definition) is 1. The molecule has 0 spiro atoms. The van der Waals surface area contributed by atoms with Crippen LogP contribution in [0.4, 0.5) is 4.39 Å². The predicted octanol–water partition coefficient (Wildman–Crippen LogP) is 3.08. The third-order valence-electron chi connectivity index (χ3n) is 3.37. The maximum absolute atomic E-state index is 13.9. The van der Waals surface area contributed by atoms with Gasteiger partial charge in [0.1, 0.15) is 17.2 Å². The summed E-state index contributed by atoms with van der Waals surface area (Å²) < 4.78 is 15.5. The lowest BCUT2D eigenvalue weighted by atomic mass is 10.1. The Balaban J connectivity index is 2.35. The van der Waals surface area contributed by atoms with Gasteiger partial charge >= 0.3 is 0 Å². The molecule has 1 aromatic carbocycles. The molecule has 1 unspecified atom stereocenters. The zero-order valence-corrected chi connectivity index (χ0v) is 12.4. The summed E-state index contributed by atoms with van der Waals surface area (Å²) in [5.74, 6) is -0.288. The molecule has 0 radical (unpaired) electrons. The molecule has 0 amide bonds. The number of benzene rings is 1. The van der Waals surface area contributed by atoms with E-state index in [1.54, 1.807) is 16.8 Å². The SMILES string of the molecule is CCCNC(C)c1nnn(-c2cc(C)ccc2F)c1C. The molecule has 0 aliphatic rings. The number of nitrogens with zero attached hydrogens (tertiary/aromatic N) is 3. The number of nitrogens with one attached hydrogen (secondary N) is 1. The number of halogens is 1. The molecule has 5 heteroatoms. The van der Waals surface area contributed by atoms with Gasteiger partial charge in [0.05, 0.1) is 11.7 Å². The van der Waals surface area contributed by atoms with E-state index in [1.165, 1.54) is 6.07 Å². The summed E-state index contributed by atoms with van der Waals surface area (Å²) in [5.41, 5.74) is 3.17. The van der Waals surface area contributed by atoms with Crippen molar-refractivity contribution in [2.45, 2.75) is 40.2 Å². The van der Waals surface area contributed by atoms with Gasteiger partial charge in [-0.05, 0) is 51.4 Å². The molecule has 108 valence electrons. The first kappa shape index (κ1) is 14.7. The van der Waals surface area contributed by atoms with E-state index in [9.17, 15) is 4.39 Å². The number of aryl methyl sites for hydroxylation is 1. The molecule has 0 aliphatic carbocycles. The molecule has 2 aromatic rings. The van der Waals surface area contributed by atoms with Crippen molar-refractivity contribution in [3.05, 3.63) is 41.0 Å². The van der Waals surface area contributed by atoms with Gasteiger partial charge in [-0.2, -0.15) is 0 Å². The molecular formula is C15H21FN4. The van der Waals surface area contributed by atoms with Crippen LogP contribution < -0.4 is 5.32 Å². The van der Waals surface area contributed by atoms with Crippen molar-refractivity contribution in [1.29, 1.82) is 0 Å². The minimum absolute atomic E-state index is 0.108. The predicted molar refractivity (Wildman–Crippen MR) is 77.5 cm³/mol. The van der Waals surface area contributed by atoms with Crippen LogP contribution in [0.3, 0.4) is 0 Å². The van der Waals surface area contributed by atoms with Gasteiger partial charge in [0, 0.05) is 0 Å². The number of rotatable bonds is 5. The molecule has 0 saturated carbocycles. The molecule has 0 bridgehead atoms. The van der Waals surface area contributed by atoms with E-state index in [2.05, 4.69) is 22.6 Å². The fourth-order valence-corrected chi connectivity index (χ4v) is 2.21. The topological polar surface area (TPSA) is 42.7 Å². The van der Waals surface area contributed by atoms with E-state index in [0.29, 0.717) is 5.69 Å². The van der Waals surface area contributed by atoms with E-state index in [4.69, 9.17) is 0 Å². The van der Waals surface area contributed by atoms with Crippen molar-refractivity contribution in [3.8, 4) is 5.69 Å². The average molecular weight is 276 g/mol. The summed E-state index contributed by atoms with van der Waals surface area (Å²) >= 11 is 0. The minimum Gasteiger partial charge on any atom is -0.309 e. The summed E-state index contributed by atoms with van der Waals surface area (Å²) in [7, 11) is 0. The molecule has 0 aliphatic heterocycles. The monoisotopic (exact) mass is 276 g/mol. The van der Waals surface area contributed by atoms with E-state index >= 15 is 0 Å². The van der Waals surface area contributed by atoms with Crippen LogP contribution in [0, 0.1) is 19.7 Å². The lowest BCUT2D eigenvalue weighted by Crippen LogP contribution is -2.20. The van der Waals surface area contributed by atoms with Crippen molar-refractivity contribution >= 4 is 0 Å². The van der Waals surface area contributed by atoms with E-state index < -0.39 is 0 Å². The summed E-state index contributed by atoms with van der Waals surface area (Å²) in [6.07, 6.45) is 1.06. The van der Waals surface area contributed by atoms with Crippen LogP contribution in [0.15, 0.2) is 18.2 Å². The maximum atomic E-state index is 13.9. The Morgan fingerprint density at radius 3 is 2.80 bits per heavy atom. The van der Waals surface area contributed by atoms with Gasteiger partial charge in [-0.3, -0.25) is 0 Å². The zero-order chi connectivity index (χ0) is 14.7. The van der Waals surface area contributed by atoms with E-state index in [-0.39, 0.29) is 11.9 Å². The maximum Gasteiger partial charge on any atom is 0.148 e. The van der Waals surface area contributed by atoms with E-state index in [1.807, 2.05) is 20.8 Å². The molecule has 1 aromatic heterocycles. The third kappa shape index (κ3) is 2.88. The molecule has 0 fully saturated rings. The lowest BCUT2D eigenvalue weighted by molar-refractivity contribution is 0.555. The van der Waals surface area contributed by atoms with Crippen LogP contribution in [0.25, 0.3) is 5.69 Å². The standard InChI is InChI=1S/C15H21FN4/c1-5-8-17-11(3)15-12(4)20(19-18-15)14-9-10(2)6-7-13(14)16/h6-7,9,11,17H,5,8H2,1-4H3. The zero-order valence-electron chi connectivity index (χ0n) is 12.4. The van der Waals surface area contributed by atoms with Gasteiger partial charge in [0.25, 0.3) is 0 Å². The van der Waals surface area contributed by atoms with Crippen LogP contribution in [-0.4, -0.2) is 21.5 Å². The number of aromatic nitrogens is 3. The van der Waals surface area contributed by atoms with Gasteiger partial charge in [-0.15, -0.1) is 5.10 Å². The Hall–Kier alpha value is -1.75. The smallest absolute Gasteiger partial charge is 0.148 e. The Labute approximate surface area is 119 Å². The normalized spacial score (nSPS) is 12.7. The molecule has 1 N–H and O–H groups in total. The first-order valence-electron chi connectivity index (χ1n) is 6.96. The molecule has 4 nitrogen and oxygen atoms in total. The Bertz CT molecular complexity index is 592. The van der Waals surface area contributed by atoms with Crippen molar-refractivity contribution in [1.82, 2.24) is 20.3 Å². The summed E-state index contributed by atoms with van der Waals surface area (Å²) in [6.45, 7) is 8.93. The van der Waals surface area contributed by atoms with Crippen molar-refractivity contribution in [2.24, 2.45) is 0 Å². The Morgan fingerprint density at radius 2 is 2.10 bits per heavy atom.